The van der Waals surface area contributed by atoms with Gasteiger partial charge in [-0.2, -0.15) is 0 Å². The third kappa shape index (κ3) is 2.43. The molecule has 21 heavy (non-hydrogen) atoms. The number of carbonyl (C=O) groups is 2. The molecule has 4 nitrogen and oxygen atoms in total. The Hall–Kier alpha value is -1.84. The molecule has 1 aromatic rings. The van der Waals surface area contributed by atoms with Crippen molar-refractivity contribution < 1.29 is 14.3 Å². The van der Waals surface area contributed by atoms with E-state index in [1.165, 1.54) is 0 Å². The molecule has 1 spiro atoms. The quantitative estimate of drug-likeness (QED) is 0.737. The lowest BCUT2D eigenvalue weighted by Crippen LogP contribution is -2.52. The smallest absolute Gasteiger partial charge is 0.219 e. The molecule has 1 amide bonds. The first-order valence-electron chi connectivity index (χ1n) is 7.49. The first-order chi connectivity index (χ1) is 9.90. The summed E-state index contributed by atoms with van der Waals surface area (Å²) in [4.78, 5) is 25.8. The second-order valence-electron chi connectivity index (χ2n) is 6.35. The van der Waals surface area contributed by atoms with Crippen LogP contribution in [0.1, 0.15) is 47.7 Å². The Morgan fingerprint density at radius 2 is 1.90 bits per heavy atom. The van der Waals surface area contributed by atoms with Crippen LogP contribution >= 0.6 is 0 Å². The average Bonchev–Trinajstić information content (AvgIpc) is 2.37. The Bertz CT molecular complexity index is 613. The molecule has 4 heteroatoms. The maximum Gasteiger partial charge on any atom is 0.219 e. The second kappa shape index (κ2) is 4.86. The van der Waals surface area contributed by atoms with E-state index in [0.717, 1.165) is 35.3 Å². The van der Waals surface area contributed by atoms with Crippen LogP contribution in [0.25, 0.3) is 0 Å². The fourth-order valence-corrected chi connectivity index (χ4v) is 3.52. The number of fused-ring (bicyclic) bond motifs is 1. The first kappa shape index (κ1) is 14.1. The van der Waals surface area contributed by atoms with Crippen LogP contribution in [0.5, 0.6) is 5.75 Å². The van der Waals surface area contributed by atoms with Gasteiger partial charge in [-0.05, 0) is 31.0 Å². The first-order valence-corrected chi connectivity index (χ1v) is 7.49. The number of hydrogen-bond donors (Lipinski definition) is 0. The molecular weight excluding hydrogens is 266 g/mol. The van der Waals surface area contributed by atoms with Gasteiger partial charge in [0.05, 0.1) is 12.0 Å². The number of rotatable bonds is 0. The van der Waals surface area contributed by atoms with Crippen LogP contribution in [-0.2, 0) is 4.79 Å². The van der Waals surface area contributed by atoms with Crippen molar-refractivity contribution in [2.24, 2.45) is 0 Å². The lowest BCUT2D eigenvalue weighted by atomic mass is 9.81. The van der Waals surface area contributed by atoms with Crippen LogP contribution < -0.4 is 4.74 Å². The molecule has 2 aliphatic rings. The van der Waals surface area contributed by atoms with E-state index < -0.39 is 5.60 Å². The Balaban J connectivity index is 1.89. The van der Waals surface area contributed by atoms with Crippen molar-refractivity contribution in [1.82, 2.24) is 4.90 Å². The zero-order chi connectivity index (χ0) is 15.2. The van der Waals surface area contributed by atoms with Crippen molar-refractivity contribution >= 4 is 11.7 Å². The zero-order valence-electron chi connectivity index (χ0n) is 12.9. The molecule has 1 saturated heterocycles. The molecule has 112 valence electrons. The average molecular weight is 287 g/mol. The molecule has 0 N–H and O–H groups in total. The summed E-state index contributed by atoms with van der Waals surface area (Å²) in [7, 11) is 0. The SMILES string of the molecule is CC(=O)N1CCC2(CC1)CC(=O)c1c(C)cc(C)cc1O2. The van der Waals surface area contributed by atoms with Crippen molar-refractivity contribution in [2.75, 3.05) is 13.1 Å². The monoisotopic (exact) mass is 287 g/mol. The molecule has 0 unspecified atom stereocenters. The Morgan fingerprint density at radius 3 is 2.52 bits per heavy atom. The topological polar surface area (TPSA) is 46.6 Å². The van der Waals surface area contributed by atoms with Crippen molar-refractivity contribution in [3.63, 3.8) is 0 Å². The normalized spacial score (nSPS) is 20.1. The lowest BCUT2D eigenvalue weighted by molar-refractivity contribution is -0.132. The van der Waals surface area contributed by atoms with Gasteiger partial charge >= 0.3 is 0 Å². The molecule has 3 rings (SSSR count). The van der Waals surface area contributed by atoms with Crippen molar-refractivity contribution in [2.45, 2.75) is 45.6 Å². The summed E-state index contributed by atoms with van der Waals surface area (Å²) in [5, 5.41) is 0. The van der Waals surface area contributed by atoms with Gasteiger partial charge in [0.1, 0.15) is 11.4 Å². The van der Waals surface area contributed by atoms with Gasteiger partial charge in [-0.3, -0.25) is 9.59 Å². The summed E-state index contributed by atoms with van der Waals surface area (Å²) in [5.41, 5.74) is 2.42. The van der Waals surface area contributed by atoms with Crippen LogP contribution in [0.15, 0.2) is 12.1 Å². The lowest BCUT2D eigenvalue weighted by Gasteiger charge is -2.44. The summed E-state index contributed by atoms with van der Waals surface area (Å²) in [6, 6.07) is 3.98. The predicted octanol–water partition coefficient (Wildman–Crippen LogP) is 2.65. The van der Waals surface area contributed by atoms with Gasteiger partial charge in [0.25, 0.3) is 0 Å². The van der Waals surface area contributed by atoms with Gasteiger partial charge in [0, 0.05) is 32.9 Å². The number of Topliss-reactive ketones (excluding diaryl/α,β-unsaturated/α-hetero) is 1. The summed E-state index contributed by atoms with van der Waals surface area (Å²) in [6.07, 6.45) is 1.88. The summed E-state index contributed by atoms with van der Waals surface area (Å²) >= 11 is 0. The van der Waals surface area contributed by atoms with E-state index in [0.29, 0.717) is 19.5 Å². The number of carbonyl (C=O) groups excluding carboxylic acids is 2. The fraction of sp³-hybridized carbons (Fsp3) is 0.529. The van der Waals surface area contributed by atoms with Gasteiger partial charge < -0.3 is 9.64 Å². The van der Waals surface area contributed by atoms with Crippen LogP contribution in [0.3, 0.4) is 0 Å². The van der Waals surface area contributed by atoms with E-state index in [9.17, 15) is 9.59 Å². The number of ether oxygens (including phenoxy) is 1. The minimum Gasteiger partial charge on any atom is -0.486 e. The van der Waals surface area contributed by atoms with Gasteiger partial charge in [-0.25, -0.2) is 0 Å². The molecule has 0 aliphatic carbocycles. The molecule has 0 radical (unpaired) electrons. The Labute approximate surface area is 125 Å². The number of likely N-dealkylation sites (tertiary alicyclic amines) is 1. The molecule has 0 bridgehead atoms. The molecule has 0 aromatic heterocycles. The third-order valence-corrected chi connectivity index (χ3v) is 4.65. The molecule has 1 aromatic carbocycles. The van der Waals surface area contributed by atoms with Crippen molar-refractivity contribution in [3.8, 4) is 5.75 Å². The van der Waals surface area contributed by atoms with Crippen LogP contribution in [0.2, 0.25) is 0 Å². The molecule has 2 aliphatic heterocycles. The highest BCUT2D eigenvalue weighted by molar-refractivity contribution is 6.01. The molecule has 2 heterocycles. The van der Waals surface area contributed by atoms with Gasteiger partial charge in [0.2, 0.25) is 5.91 Å². The van der Waals surface area contributed by atoms with E-state index in [2.05, 4.69) is 0 Å². The number of ketones is 1. The standard InChI is InChI=1S/C17H21NO3/c1-11-8-12(2)16-14(20)10-17(21-15(16)9-11)4-6-18(7-5-17)13(3)19/h8-9H,4-7,10H2,1-3H3. The van der Waals surface area contributed by atoms with Crippen LogP contribution in [0, 0.1) is 13.8 Å². The number of amides is 1. The minimum absolute atomic E-state index is 0.0964. The molecule has 0 saturated carbocycles. The highest BCUT2D eigenvalue weighted by atomic mass is 16.5. The highest BCUT2D eigenvalue weighted by Crippen LogP contribution is 2.40. The van der Waals surface area contributed by atoms with E-state index in [1.54, 1.807) is 6.92 Å². The third-order valence-electron chi connectivity index (χ3n) is 4.65. The van der Waals surface area contributed by atoms with Crippen LogP contribution in [0.4, 0.5) is 0 Å². The van der Waals surface area contributed by atoms with E-state index in [4.69, 9.17) is 4.74 Å². The maximum absolute atomic E-state index is 12.5. The summed E-state index contributed by atoms with van der Waals surface area (Å²) in [6.45, 7) is 6.91. The predicted molar refractivity (Wildman–Crippen MR) is 79.7 cm³/mol. The maximum atomic E-state index is 12.5. The second-order valence-corrected chi connectivity index (χ2v) is 6.35. The van der Waals surface area contributed by atoms with Gasteiger partial charge in [-0.1, -0.05) is 6.07 Å². The minimum atomic E-state index is -0.420. The summed E-state index contributed by atoms with van der Waals surface area (Å²) in [5.74, 6) is 0.990. The molecule has 0 atom stereocenters. The van der Waals surface area contributed by atoms with E-state index >= 15 is 0 Å². The zero-order valence-corrected chi connectivity index (χ0v) is 12.9. The number of nitrogens with zero attached hydrogens (tertiary/aromatic N) is 1. The molecule has 1 fully saturated rings. The number of aryl methyl sites for hydroxylation is 2. The van der Waals surface area contributed by atoms with Gasteiger partial charge in [0.15, 0.2) is 5.78 Å². The summed E-state index contributed by atoms with van der Waals surface area (Å²) < 4.78 is 6.26. The van der Waals surface area contributed by atoms with Gasteiger partial charge in [-0.15, -0.1) is 0 Å². The van der Waals surface area contributed by atoms with Crippen LogP contribution in [-0.4, -0.2) is 35.3 Å². The fourth-order valence-electron chi connectivity index (χ4n) is 3.52. The number of benzene rings is 1. The largest absolute Gasteiger partial charge is 0.486 e. The Kier molecular flexibility index (Phi) is 3.27. The number of piperidine rings is 1. The van der Waals surface area contributed by atoms with Crippen molar-refractivity contribution in [3.05, 3.63) is 28.8 Å². The highest BCUT2D eigenvalue weighted by Gasteiger charge is 2.43. The Morgan fingerprint density at radius 1 is 1.24 bits per heavy atom. The van der Waals surface area contributed by atoms with E-state index in [1.807, 2.05) is 30.9 Å². The van der Waals surface area contributed by atoms with E-state index in [-0.39, 0.29) is 11.7 Å². The number of hydrogen-bond acceptors (Lipinski definition) is 3. The molecular formula is C17H21NO3. The van der Waals surface area contributed by atoms with Crippen molar-refractivity contribution in [1.29, 1.82) is 0 Å².